The van der Waals surface area contributed by atoms with Gasteiger partial charge in [-0.15, -0.1) is 0 Å². The monoisotopic (exact) mass is 918 g/mol. The maximum absolute atomic E-state index is 4.67. The van der Waals surface area contributed by atoms with E-state index in [1.165, 1.54) is 21.9 Å². The molecule has 0 unspecified atom stereocenters. The Hall–Kier alpha value is -1.19. The largest absolute Gasteiger partial charge is 0.331 e. The van der Waals surface area contributed by atoms with Crippen LogP contribution in [0.4, 0.5) is 0 Å². The van der Waals surface area contributed by atoms with E-state index >= 15 is 0 Å². The molecule has 0 aliphatic carbocycles. The van der Waals surface area contributed by atoms with E-state index in [9.17, 15) is 0 Å². The molecule has 1 radical (unpaired) electrons. The first-order chi connectivity index (χ1) is 25.8. The van der Waals surface area contributed by atoms with E-state index in [-0.39, 0.29) is 19.5 Å². The summed E-state index contributed by atoms with van der Waals surface area (Å²) in [5.41, 5.74) is 5.36. The van der Waals surface area contributed by atoms with Crippen molar-refractivity contribution in [1.82, 2.24) is 0 Å². The van der Waals surface area contributed by atoms with Crippen LogP contribution in [0.3, 0.4) is 0 Å². The maximum atomic E-state index is 4.67. The molecule has 0 spiro atoms. The summed E-state index contributed by atoms with van der Waals surface area (Å²) in [5.74, 6) is 0. The van der Waals surface area contributed by atoms with Crippen molar-refractivity contribution >= 4 is 62.4 Å². The van der Waals surface area contributed by atoms with Crippen molar-refractivity contribution in [2.45, 2.75) is 0 Å². The predicted octanol–water partition coefficient (Wildman–Crippen LogP) is 7.67. The van der Waals surface area contributed by atoms with E-state index in [0.29, 0.717) is 0 Å². The second-order valence-electron chi connectivity index (χ2n) is 9.59. The zero-order valence-corrected chi connectivity index (χ0v) is 38.4. The van der Waals surface area contributed by atoms with E-state index in [4.69, 9.17) is 0 Å². The van der Waals surface area contributed by atoms with Crippen LogP contribution in [0, 0.1) is 0 Å². The Morgan fingerprint density at radius 2 is 0.389 bits per heavy atom. The first-order valence-corrected chi connectivity index (χ1v) is 20.3. The SMILES string of the molecule is COP(OC)OC.COP(OC)OC.COP(OC)OC.COP(OC)OC.[Rh].c1ccc([B-](c2ccccc2)(c2ccccc2)c2ccccc2)cc1. The van der Waals surface area contributed by atoms with Gasteiger partial charge in [-0.1, -0.05) is 121 Å². The van der Waals surface area contributed by atoms with Gasteiger partial charge in [0.15, 0.2) is 0 Å². The zero-order valence-electron chi connectivity index (χ0n) is 33.1. The van der Waals surface area contributed by atoms with Crippen LogP contribution < -0.4 is 21.9 Å². The predicted molar refractivity (Wildman–Crippen MR) is 222 cm³/mol. The van der Waals surface area contributed by atoms with Gasteiger partial charge in [0.05, 0.1) is 0 Å². The quantitative estimate of drug-likeness (QED) is 0.0813. The van der Waals surface area contributed by atoms with Gasteiger partial charge in [0, 0.05) is 105 Å². The number of hydrogen-bond acceptors (Lipinski definition) is 12. The van der Waals surface area contributed by atoms with E-state index in [1.807, 2.05) is 0 Å². The van der Waals surface area contributed by atoms with E-state index in [0.717, 1.165) is 0 Å². The first kappa shape index (κ1) is 54.9. The molecule has 0 saturated carbocycles. The summed E-state index contributed by atoms with van der Waals surface area (Å²) >= 11 is 0. The summed E-state index contributed by atoms with van der Waals surface area (Å²) in [6.45, 7) is 0. The summed E-state index contributed by atoms with van der Waals surface area (Å²) in [4.78, 5) is 0. The van der Waals surface area contributed by atoms with Gasteiger partial charge >= 0.3 is 34.4 Å². The Morgan fingerprint density at radius 1 is 0.259 bits per heavy atom. The van der Waals surface area contributed by atoms with Gasteiger partial charge in [-0.05, 0) is 0 Å². The fraction of sp³-hybridized carbons (Fsp3) is 0.333. The molecule has 0 aliphatic heterocycles. The van der Waals surface area contributed by atoms with Crippen LogP contribution in [0.5, 0.6) is 0 Å². The molecule has 0 aromatic heterocycles. The Labute approximate surface area is 341 Å². The third-order valence-electron chi connectivity index (χ3n) is 6.99. The molecular formula is C36H56BO12P4Rh-. The Balaban J connectivity index is 0. The van der Waals surface area contributed by atoms with Crippen molar-refractivity contribution < 1.29 is 73.8 Å². The molecular weight excluding hydrogens is 862 g/mol. The standard InChI is InChI=1S/C24H20B.4C3H9O3P.Rh/c1-5-13-21(14-6-1)25(22-15-7-2-8-16-22,23-17-9-3-10-18-23)24-19-11-4-12-20-24;4*1-4-7(5-2)6-3;/h1-20H;4*1-3H3;/q-1;;;;;. The summed E-state index contributed by atoms with van der Waals surface area (Å²) < 4.78 is 56.0. The Kier molecular flexibility index (Phi) is 36.8. The van der Waals surface area contributed by atoms with Crippen molar-refractivity contribution in [3.05, 3.63) is 121 Å². The Bertz CT molecular complexity index is 1120. The van der Waals surface area contributed by atoms with Crippen LogP contribution in [0.1, 0.15) is 0 Å². The molecule has 18 heteroatoms. The molecule has 12 nitrogen and oxygen atoms in total. The van der Waals surface area contributed by atoms with Crippen LogP contribution in [0.2, 0.25) is 0 Å². The number of benzene rings is 4. The van der Waals surface area contributed by atoms with Crippen LogP contribution in [0.25, 0.3) is 0 Å². The van der Waals surface area contributed by atoms with Gasteiger partial charge in [-0.25, -0.2) is 0 Å². The molecule has 0 aliphatic rings. The molecule has 0 atom stereocenters. The number of hydrogen-bond donors (Lipinski definition) is 0. The van der Waals surface area contributed by atoms with Crippen LogP contribution in [-0.4, -0.2) is 91.5 Å². The maximum Gasteiger partial charge on any atom is 0.331 e. The molecule has 0 bridgehead atoms. The van der Waals surface area contributed by atoms with Gasteiger partial charge in [0.1, 0.15) is 6.15 Å². The van der Waals surface area contributed by atoms with Crippen molar-refractivity contribution in [2.24, 2.45) is 0 Å². The average molecular weight is 918 g/mol. The Morgan fingerprint density at radius 3 is 0.481 bits per heavy atom. The van der Waals surface area contributed by atoms with E-state index < -0.39 is 40.6 Å². The summed E-state index contributed by atoms with van der Waals surface area (Å²) in [6, 6.07) is 43.5. The van der Waals surface area contributed by atoms with Crippen molar-refractivity contribution in [1.29, 1.82) is 0 Å². The molecule has 0 fully saturated rings. The van der Waals surface area contributed by atoms with Crippen molar-refractivity contribution in [2.75, 3.05) is 85.3 Å². The smallest absolute Gasteiger partial charge is 0.316 e. The minimum Gasteiger partial charge on any atom is -0.316 e. The molecule has 4 aromatic rings. The molecule has 4 aromatic carbocycles. The second kappa shape index (κ2) is 36.2. The van der Waals surface area contributed by atoms with Crippen LogP contribution in [-0.2, 0) is 73.8 Å². The summed E-state index contributed by atoms with van der Waals surface area (Å²) in [7, 11) is 14.3. The second-order valence-corrected chi connectivity index (χ2v) is 15.8. The first-order valence-electron chi connectivity index (χ1n) is 15.9. The fourth-order valence-electron chi connectivity index (χ4n) is 5.02. The molecule has 4 rings (SSSR count). The van der Waals surface area contributed by atoms with Gasteiger partial charge in [0.2, 0.25) is 0 Å². The van der Waals surface area contributed by atoms with E-state index in [2.05, 4.69) is 176 Å². The average Bonchev–Trinajstić information content (AvgIpc) is 3.23. The minimum absolute atomic E-state index is 0. The van der Waals surface area contributed by atoms with Gasteiger partial charge in [-0.3, -0.25) is 0 Å². The molecule has 0 heterocycles. The van der Waals surface area contributed by atoms with Crippen molar-refractivity contribution in [3.8, 4) is 0 Å². The zero-order chi connectivity index (χ0) is 39.7. The van der Waals surface area contributed by atoms with Crippen LogP contribution >= 0.6 is 34.4 Å². The van der Waals surface area contributed by atoms with Crippen LogP contribution in [0.15, 0.2) is 121 Å². The van der Waals surface area contributed by atoms with Gasteiger partial charge < -0.3 is 54.3 Å². The molecule has 54 heavy (non-hydrogen) atoms. The fourth-order valence-corrected chi connectivity index (χ4v) is 6.80. The molecule has 305 valence electrons. The third kappa shape index (κ3) is 20.3. The van der Waals surface area contributed by atoms with Gasteiger partial charge in [0.25, 0.3) is 0 Å². The summed E-state index contributed by atoms with van der Waals surface area (Å²) in [5, 5.41) is 0. The topological polar surface area (TPSA) is 111 Å². The number of rotatable bonds is 16. The molecule has 0 saturated heterocycles. The van der Waals surface area contributed by atoms with Gasteiger partial charge in [-0.2, -0.15) is 21.9 Å². The minimum atomic E-state index is -1.22. The molecule has 0 N–H and O–H groups in total. The third-order valence-corrected chi connectivity index (χ3v) is 10.6. The van der Waals surface area contributed by atoms with E-state index in [1.54, 1.807) is 85.3 Å². The molecule has 0 amide bonds. The summed E-state index contributed by atoms with van der Waals surface area (Å²) in [6.07, 6.45) is -1.22. The van der Waals surface area contributed by atoms with Crippen molar-refractivity contribution in [3.63, 3.8) is 0 Å². The normalized spacial score (nSPS) is 10.5.